The first kappa shape index (κ1) is 27.9. The van der Waals surface area contributed by atoms with E-state index in [1.807, 2.05) is 6.92 Å². The minimum absolute atomic E-state index is 0.130. The van der Waals surface area contributed by atoms with E-state index in [2.05, 4.69) is 26.8 Å². The van der Waals surface area contributed by atoms with Crippen LogP contribution in [0.5, 0.6) is 0 Å². The summed E-state index contributed by atoms with van der Waals surface area (Å²) in [6, 6.07) is -1.07. The Morgan fingerprint density at radius 1 is 1.11 bits per heavy atom. The maximum absolute atomic E-state index is 13.6. The van der Waals surface area contributed by atoms with Crippen molar-refractivity contribution >= 4 is 5.97 Å². The van der Waals surface area contributed by atoms with Gasteiger partial charge in [-0.3, -0.25) is 4.79 Å². The number of aliphatic hydroxyl groups is 1. The van der Waals surface area contributed by atoms with E-state index in [0.29, 0.717) is 30.1 Å². The van der Waals surface area contributed by atoms with Crippen LogP contribution in [0.2, 0.25) is 0 Å². The molecule has 10 atom stereocenters. The Balaban J connectivity index is 1.45. The first-order chi connectivity index (χ1) is 16.6. The molecule has 0 aromatic carbocycles. The van der Waals surface area contributed by atoms with Crippen LogP contribution in [0.1, 0.15) is 98.8 Å². The number of fused-ring (bicyclic) bond motifs is 5. The van der Waals surface area contributed by atoms with Crippen molar-refractivity contribution in [2.45, 2.75) is 123 Å². The fourth-order valence-corrected chi connectivity index (χ4v) is 8.93. The van der Waals surface area contributed by atoms with Crippen LogP contribution in [0.25, 0.3) is 0 Å². The van der Waals surface area contributed by atoms with E-state index in [4.69, 9.17) is 10.5 Å². The van der Waals surface area contributed by atoms with Crippen molar-refractivity contribution in [2.75, 3.05) is 0 Å². The Kier molecular flexibility index (Phi) is 7.44. The molecule has 0 amide bonds. The van der Waals surface area contributed by atoms with Gasteiger partial charge in [-0.25, -0.2) is 0 Å². The summed E-state index contributed by atoms with van der Waals surface area (Å²) in [4.78, 5) is 11.8. The monoisotopic (exact) mass is 513 g/mol. The number of carbonyl (C=O) groups excluding carboxylic acids is 1. The van der Waals surface area contributed by atoms with Gasteiger partial charge in [0.2, 0.25) is 0 Å². The minimum Gasteiger partial charge on any atom is -0.452 e. The third kappa shape index (κ3) is 5.00. The van der Waals surface area contributed by atoms with Crippen molar-refractivity contribution in [1.82, 2.24) is 0 Å². The van der Waals surface area contributed by atoms with Crippen LogP contribution in [0.3, 0.4) is 0 Å². The summed E-state index contributed by atoms with van der Waals surface area (Å²) in [6.07, 6.45) is 4.14. The highest BCUT2D eigenvalue weighted by Crippen LogP contribution is 2.67. The molecule has 0 radical (unpaired) electrons. The Morgan fingerprint density at radius 3 is 2.44 bits per heavy atom. The summed E-state index contributed by atoms with van der Waals surface area (Å²) in [5.74, 6) is 1.35. The summed E-state index contributed by atoms with van der Waals surface area (Å²) in [6.45, 7) is 10.2. The molecule has 0 spiro atoms. The fraction of sp³-hybridized carbons (Fsp3) is 0.897. The molecule has 7 heteroatoms. The average Bonchev–Trinajstić information content (AvgIpc) is 3.13. The molecule has 0 aromatic heterocycles. The van der Waals surface area contributed by atoms with Gasteiger partial charge in [-0.05, 0) is 118 Å². The SMILES string of the molecule is C[C@H](N)C(=O)O[C@H](CC[C@@H](C)[C@H]1CC[C@H]2[C@@H]3CC=C4C[C@@](C)(O)CC[C@]4(C)[C@H]3CC[C@]12C)C(F)(F)F. The number of carbonyl (C=O) groups is 1. The molecule has 36 heavy (non-hydrogen) atoms. The lowest BCUT2D eigenvalue weighted by Crippen LogP contribution is -2.52. The predicted molar refractivity (Wildman–Crippen MR) is 134 cm³/mol. The average molecular weight is 514 g/mol. The van der Waals surface area contributed by atoms with Gasteiger partial charge in [-0.1, -0.05) is 32.4 Å². The Hall–Kier alpha value is -1.08. The van der Waals surface area contributed by atoms with E-state index in [1.54, 1.807) is 0 Å². The number of allylic oxidation sites excluding steroid dienone is 1. The van der Waals surface area contributed by atoms with Crippen LogP contribution in [-0.4, -0.2) is 35.0 Å². The topological polar surface area (TPSA) is 72.6 Å². The normalized spacial score (nSPS) is 42.9. The third-order valence-corrected chi connectivity index (χ3v) is 11.0. The van der Waals surface area contributed by atoms with Gasteiger partial charge >= 0.3 is 12.1 Å². The summed E-state index contributed by atoms with van der Waals surface area (Å²) in [5.41, 5.74) is 6.59. The number of nitrogens with two attached hydrogens (primary N) is 1. The van der Waals surface area contributed by atoms with Crippen molar-refractivity contribution in [3.05, 3.63) is 11.6 Å². The Morgan fingerprint density at radius 2 is 1.81 bits per heavy atom. The van der Waals surface area contributed by atoms with E-state index < -0.39 is 29.9 Å². The lowest BCUT2D eigenvalue weighted by Gasteiger charge is -2.59. The van der Waals surface area contributed by atoms with Crippen molar-refractivity contribution in [1.29, 1.82) is 0 Å². The van der Waals surface area contributed by atoms with Crippen LogP contribution < -0.4 is 5.73 Å². The van der Waals surface area contributed by atoms with E-state index in [-0.39, 0.29) is 23.2 Å². The summed E-state index contributed by atoms with van der Waals surface area (Å²) in [7, 11) is 0. The molecule has 0 saturated heterocycles. The van der Waals surface area contributed by atoms with Gasteiger partial charge < -0.3 is 15.6 Å². The molecule has 4 aliphatic rings. The van der Waals surface area contributed by atoms with Crippen LogP contribution in [0.4, 0.5) is 13.2 Å². The molecule has 0 heterocycles. The standard InChI is InChI=1S/C29H46F3NO3/c1-17(6-11-24(29(30,31)32)36-25(34)18(2)33)21-9-10-22-20-8-7-19-16-26(3,35)14-15-27(19,4)23(20)12-13-28(21,22)5/h7,17-18,20-24,35H,6,8-16,33H2,1-5H3/t17-,18+,20+,21-,22+,23+,24-,26+,27+,28-/m1/s1. The minimum atomic E-state index is -4.59. The second kappa shape index (κ2) is 9.59. The maximum Gasteiger partial charge on any atom is 0.425 e. The quantitative estimate of drug-likeness (QED) is 0.312. The van der Waals surface area contributed by atoms with E-state index in [0.717, 1.165) is 51.4 Å². The fourth-order valence-electron chi connectivity index (χ4n) is 8.93. The molecular weight excluding hydrogens is 467 g/mol. The number of rotatable bonds is 6. The first-order valence-corrected chi connectivity index (χ1v) is 14.0. The smallest absolute Gasteiger partial charge is 0.425 e. The molecule has 4 nitrogen and oxygen atoms in total. The molecular formula is C29H46F3NO3. The number of ether oxygens (including phenoxy) is 1. The van der Waals surface area contributed by atoms with E-state index in [1.165, 1.54) is 12.5 Å². The molecule has 4 rings (SSSR count). The summed E-state index contributed by atoms with van der Waals surface area (Å²) < 4.78 is 45.5. The summed E-state index contributed by atoms with van der Waals surface area (Å²) in [5, 5.41) is 10.7. The van der Waals surface area contributed by atoms with Crippen molar-refractivity contribution in [2.24, 2.45) is 46.2 Å². The molecule has 3 saturated carbocycles. The number of halogens is 3. The van der Waals surface area contributed by atoms with Crippen LogP contribution in [0.15, 0.2) is 11.6 Å². The third-order valence-electron chi connectivity index (χ3n) is 11.0. The number of esters is 1. The Labute approximate surface area is 214 Å². The van der Waals surface area contributed by atoms with E-state index >= 15 is 0 Å². The summed E-state index contributed by atoms with van der Waals surface area (Å²) >= 11 is 0. The van der Waals surface area contributed by atoms with E-state index in [9.17, 15) is 23.1 Å². The molecule has 3 fully saturated rings. The first-order valence-electron chi connectivity index (χ1n) is 14.0. The molecule has 0 bridgehead atoms. The number of alkyl halides is 3. The van der Waals surface area contributed by atoms with Crippen molar-refractivity contribution in [3.63, 3.8) is 0 Å². The highest BCUT2D eigenvalue weighted by molar-refractivity contribution is 5.75. The molecule has 0 aliphatic heterocycles. The van der Waals surface area contributed by atoms with Crippen LogP contribution in [-0.2, 0) is 9.53 Å². The zero-order valence-corrected chi connectivity index (χ0v) is 22.7. The van der Waals surface area contributed by atoms with Gasteiger partial charge in [-0.2, -0.15) is 13.2 Å². The highest BCUT2D eigenvalue weighted by Gasteiger charge is 2.59. The van der Waals surface area contributed by atoms with Gasteiger partial charge in [0.25, 0.3) is 0 Å². The molecule has 0 unspecified atom stereocenters. The lowest BCUT2D eigenvalue weighted by atomic mass is 9.46. The van der Waals surface area contributed by atoms with Gasteiger partial charge in [0, 0.05) is 0 Å². The molecule has 0 aromatic rings. The number of hydrogen-bond donors (Lipinski definition) is 2. The van der Waals surface area contributed by atoms with Crippen molar-refractivity contribution in [3.8, 4) is 0 Å². The highest BCUT2D eigenvalue weighted by atomic mass is 19.4. The largest absolute Gasteiger partial charge is 0.452 e. The molecule has 4 aliphatic carbocycles. The lowest BCUT2D eigenvalue weighted by molar-refractivity contribution is -0.224. The predicted octanol–water partition coefficient (Wildman–Crippen LogP) is 6.55. The van der Waals surface area contributed by atoms with Gasteiger partial charge in [0.1, 0.15) is 6.04 Å². The van der Waals surface area contributed by atoms with Crippen LogP contribution in [0, 0.1) is 40.4 Å². The van der Waals surface area contributed by atoms with Gasteiger partial charge in [0.05, 0.1) is 5.60 Å². The second-order valence-corrected chi connectivity index (χ2v) is 13.5. The number of hydrogen-bond acceptors (Lipinski definition) is 4. The van der Waals surface area contributed by atoms with Gasteiger partial charge in [0.15, 0.2) is 6.10 Å². The Bertz CT molecular complexity index is 868. The molecule has 206 valence electrons. The van der Waals surface area contributed by atoms with Crippen LogP contribution >= 0.6 is 0 Å². The molecule has 3 N–H and O–H groups in total. The zero-order chi connectivity index (χ0) is 26.7. The second-order valence-electron chi connectivity index (χ2n) is 13.5. The van der Waals surface area contributed by atoms with Gasteiger partial charge in [-0.15, -0.1) is 0 Å². The van der Waals surface area contributed by atoms with Crippen molar-refractivity contribution < 1.29 is 27.8 Å². The maximum atomic E-state index is 13.6. The zero-order valence-electron chi connectivity index (χ0n) is 22.7.